The van der Waals surface area contributed by atoms with Gasteiger partial charge >= 0.3 is 0 Å². The van der Waals surface area contributed by atoms with Crippen molar-refractivity contribution in [3.63, 3.8) is 0 Å². The third-order valence-corrected chi connectivity index (χ3v) is 5.24. The van der Waals surface area contributed by atoms with Crippen molar-refractivity contribution >= 4 is 7.98 Å². The van der Waals surface area contributed by atoms with E-state index in [1.165, 1.54) is 16.7 Å². The van der Waals surface area contributed by atoms with Crippen LogP contribution >= 0.6 is 0 Å². The Morgan fingerprint density at radius 2 is 1.48 bits per heavy atom. The van der Waals surface area contributed by atoms with Crippen LogP contribution in [0.15, 0.2) is 72.8 Å². The van der Waals surface area contributed by atoms with Crippen LogP contribution in [-0.2, 0) is 0 Å². The highest BCUT2D eigenvalue weighted by Crippen LogP contribution is 2.27. The summed E-state index contributed by atoms with van der Waals surface area (Å²) in [6.07, 6.45) is 1.08. The van der Waals surface area contributed by atoms with E-state index in [1.54, 1.807) is 0 Å². The summed E-state index contributed by atoms with van der Waals surface area (Å²) >= 11 is 0. The fourth-order valence-corrected chi connectivity index (χ4v) is 3.70. The van der Waals surface area contributed by atoms with Gasteiger partial charge in [0.15, 0.2) is 7.98 Å². The molecule has 2 aromatic carbocycles. The molecule has 3 nitrogen and oxygen atoms in total. The number of rotatable bonds is 9. The monoisotopic (exact) mass is 359 g/mol. The lowest BCUT2D eigenvalue weighted by Crippen LogP contribution is -2.46. The third-order valence-electron chi connectivity index (χ3n) is 5.24. The van der Waals surface area contributed by atoms with Gasteiger partial charge in [-0.3, -0.25) is 4.90 Å². The largest absolute Gasteiger partial charge is 0.351 e. The van der Waals surface area contributed by atoms with Crippen molar-refractivity contribution in [1.29, 1.82) is 0 Å². The lowest BCUT2D eigenvalue weighted by molar-refractivity contribution is 0.204. The maximum absolute atomic E-state index is 5.82. The Morgan fingerprint density at radius 1 is 0.926 bits per heavy atom. The molecule has 1 saturated heterocycles. The molecule has 0 bridgehead atoms. The van der Waals surface area contributed by atoms with E-state index >= 15 is 0 Å². The van der Waals surface area contributed by atoms with Crippen LogP contribution in [-0.4, -0.2) is 63.5 Å². The molecule has 0 aromatic heterocycles. The molecule has 0 atom stereocenters. The zero-order valence-electron chi connectivity index (χ0n) is 16.2. The molecule has 2 aromatic rings. The molecule has 0 aliphatic carbocycles. The Morgan fingerprint density at radius 3 is 2.04 bits per heavy atom. The van der Waals surface area contributed by atoms with E-state index in [0.717, 1.165) is 52.2 Å². The van der Waals surface area contributed by atoms with E-state index in [2.05, 4.69) is 77.5 Å². The van der Waals surface area contributed by atoms with Crippen molar-refractivity contribution in [3.8, 4) is 0 Å². The number of hydrogen-bond acceptors (Lipinski definition) is 3. The predicted octanol–water partition coefficient (Wildman–Crippen LogP) is 3.06. The summed E-state index contributed by atoms with van der Waals surface area (Å²) < 4.78 is 0. The quantitative estimate of drug-likeness (QED) is 0.422. The van der Waals surface area contributed by atoms with Crippen LogP contribution < -0.4 is 5.32 Å². The Bertz CT molecular complexity index is 642. The standard InChI is InChI=1S/C23H30BN3/c1-20(19-26-14-16-27(24)17-15-26)18-25-13-12-23(21-8-4-2-5-9-21)22-10-6-3-7-11-22/h2-11,23,25H,1,12-19H2. The van der Waals surface area contributed by atoms with E-state index in [4.69, 9.17) is 7.98 Å². The summed E-state index contributed by atoms with van der Waals surface area (Å²) in [5.74, 6) is 0.422. The molecule has 4 heteroatoms. The molecule has 0 unspecified atom stereocenters. The predicted molar refractivity (Wildman–Crippen MR) is 115 cm³/mol. The molecule has 1 aliphatic rings. The minimum Gasteiger partial charge on any atom is -0.351 e. The van der Waals surface area contributed by atoms with Gasteiger partial charge in [0.1, 0.15) is 0 Å². The Kier molecular flexibility index (Phi) is 7.70. The molecule has 3 rings (SSSR count). The number of nitrogens with one attached hydrogen (secondary N) is 1. The Balaban J connectivity index is 1.46. The van der Waals surface area contributed by atoms with Gasteiger partial charge in [0, 0.05) is 32.1 Å². The second-order valence-electron chi connectivity index (χ2n) is 7.40. The van der Waals surface area contributed by atoms with Gasteiger partial charge in [-0.1, -0.05) is 67.2 Å². The molecular weight excluding hydrogens is 329 g/mol. The molecule has 0 amide bonds. The summed E-state index contributed by atoms with van der Waals surface area (Å²) in [4.78, 5) is 4.33. The average Bonchev–Trinajstić information content (AvgIpc) is 2.71. The van der Waals surface area contributed by atoms with Gasteiger partial charge in [0.2, 0.25) is 0 Å². The van der Waals surface area contributed by atoms with Gasteiger partial charge in [-0.05, 0) is 42.8 Å². The lowest BCUT2D eigenvalue weighted by atomic mass is 9.88. The summed E-state index contributed by atoms with van der Waals surface area (Å²) in [5.41, 5.74) is 4.00. The summed E-state index contributed by atoms with van der Waals surface area (Å²) in [6, 6.07) is 21.6. The molecule has 0 saturated carbocycles. The molecule has 27 heavy (non-hydrogen) atoms. The highest BCUT2D eigenvalue weighted by atomic mass is 15.2. The highest BCUT2D eigenvalue weighted by molar-refractivity contribution is 6.04. The first-order valence-corrected chi connectivity index (χ1v) is 9.91. The van der Waals surface area contributed by atoms with Crippen LogP contribution in [0.5, 0.6) is 0 Å². The van der Waals surface area contributed by atoms with Crippen molar-refractivity contribution in [1.82, 2.24) is 15.0 Å². The highest BCUT2D eigenvalue weighted by Gasteiger charge is 2.15. The van der Waals surface area contributed by atoms with Gasteiger partial charge in [-0.25, -0.2) is 0 Å². The molecule has 2 radical (unpaired) electrons. The van der Waals surface area contributed by atoms with Gasteiger partial charge in [0.05, 0.1) is 0 Å². The summed E-state index contributed by atoms with van der Waals surface area (Å²) in [7, 11) is 5.82. The first-order valence-electron chi connectivity index (χ1n) is 9.91. The van der Waals surface area contributed by atoms with Crippen LogP contribution in [0.1, 0.15) is 23.5 Å². The average molecular weight is 359 g/mol. The normalized spacial score (nSPS) is 15.9. The van der Waals surface area contributed by atoms with E-state index in [1.807, 2.05) is 4.81 Å². The van der Waals surface area contributed by atoms with Gasteiger partial charge in [-0.2, -0.15) is 0 Å². The van der Waals surface area contributed by atoms with Crippen molar-refractivity contribution in [2.75, 3.05) is 45.8 Å². The Labute approximate surface area is 165 Å². The SMILES string of the molecule is [B]N1CCN(CC(=C)CNCCC(c2ccccc2)c2ccccc2)CC1. The first-order chi connectivity index (χ1) is 13.2. The smallest absolute Gasteiger partial charge is 0.182 e. The fourth-order valence-electron chi connectivity index (χ4n) is 3.70. The number of nitrogens with zero attached hydrogens (tertiary/aromatic N) is 2. The van der Waals surface area contributed by atoms with Crippen LogP contribution in [0.25, 0.3) is 0 Å². The topological polar surface area (TPSA) is 18.5 Å². The zero-order chi connectivity index (χ0) is 18.9. The molecule has 1 N–H and O–H groups in total. The van der Waals surface area contributed by atoms with E-state index in [-0.39, 0.29) is 0 Å². The first kappa shape index (κ1) is 19.9. The van der Waals surface area contributed by atoms with Crippen molar-refractivity contribution < 1.29 is 0 Å². The summed E-state index contributed by atoms with van der Waals surface area (Å²) in [6.45, 7) is 11.0. The van der Waals surface area contributed by atoms with Crippen molar-refractivity contribution in [2.24, 2.45) is 0 Å². The fraction of sp³-hybridized carbons (Fsp3) is 0.391. The van der Waals surface area contributed by atoms with Crippen LogP contribution in [0.4, 0.5) is 0 Å². The lowest BCUT2D eigenvalue weighted by Gasteiger charge is -2.33. The minimum atomic E-state index is 0.422. The summed E-state index contributed by atoms with van der Waals surface area (Å²) in [5, 5.41) is 3.59. The number of hydrogen-bond donors (Lipinski definition) is 1. The van der Waals surface area contributed by atoms with Gasteiger partial charge in [0.25, 0.3) is 0 Å². The molecule has 1 fully saturated rings. The van der Waals surface area contributed by atoms with E-state index in [0.29, 0.717) is 5.92 Å². The molecular formula is C23H30BN3. The maximum Gasteiger partial charge on any atom is 0.182 e. The van der Waals surface area contributed by atoms with Gasteiger partial charge in [-0.15, -0.1) is 0 Å². The second-order valence-corrected chi connectivity index (χ2v) is 7.40. The van der Waals surface area contributed by atoms with Crippen LogP contribution in [0.2, 0.25) is 0 Å². The van der Waals surface area contributed by atoms with Crippen LogP contribution in [0.3, 0.4) is 0 Å². The minimum absolute atomic E-state index is 0.422. The van der Waals surface area contributed by atoms with E-state index < -0.39 is 0 Å². The van der Waals surface area contributed by atoms with E-state index in [9.17, 15) is 0 Å². The molecule has 1 aliphatic heterocycles. The Hall–Kier alpha value is -1.88. The van der Waals surface area contributed by atoms with Crippen molar-refractivity contribution in [2.45, 2.75) is 12.3 Å². The van der Waals surface area contributed by atoms with Crippen molar-refractivity contribution in [3.05, 3.63) is 83.9 Å². The second kappa shape index (κ2) is 10.5. The molecule has 1 heterocycles. The van der Waals surface area contributed by atoms with Crippen LogP contribution in [0, 0.1) is 0 Å². The third kappa shape index (κ3) is 6.35. The number of piperazine rings is 1. The number of benzene rings is 2. The molecule has 140 valence electrons. The molecule has 0 spiro atoms. The maximum atomic E-state index is 5.82. The van der Waals surface area contributed by atoms with Gasteiger partial charge < -0.3 is 10.1 Å². The zero-order valence-corrected chi connectivity index (χ0v) is 16.2.